The number of hydrogen-bond acceptors (Lipinski definition) is 3. The molecule has 19 heavy (non-hydrogen) atoms. The van der Waals surface area contributed by atoms with Crippen molar-refractivity contribution in [3.05, 3.63) is 48.5 Å². The summed E-state index contributed by atoms with van der Waals surface area (Å²) < 4.78 is 1.99. The van der Waals surface area contributed by atoms with Crippen LogP contribution < -0.4 is 0 Å². The molecule has 1 aromatic carbocycles. The molecule has 0 unspecified atom stereocenters. The summed E-state index contributed by atoms with van der Waals surface area (Å²) >= 11 is 0. The minimum Gasteiger partial charge on any atom is -0.387 e. The van der Waals surface area contributed by atoms with E-state index in [1.807, 2.05) is 17.7 Å². The SMILES string of the molecule is CCC1(O)CN(Cc2ccc(-n3ccnc3)cc2)C1. The van der Waals surface area contributed by atoms with Gasteiger partial charge in [0.1, 0.15) is 0 Å². The van der Waals surface area contributed by atoms with Crippen molar-refractivity contribution in [2.24, 2.45) is 0 Å². The maximum Gasteiger partial charge on any atom is 0.0991 e. The van der Waals surface area contributed by atoms with Crippen LogP contribution >= 0.6 is 0 Å². The highest BCUT2D eigenvalue weighted by Gasteiger charge is 2.38. The molecule has 1 aromatic heterocycles. The van der Waals surface area contributed by atoms with Gasteiger partial charge in [0.2, 0.25) is 0 Å². The molecule has 2 heterocycles. The van der Waals surface area contributed by atoms with E-state index in [1.165, 1.54) is 5.56 Å². The zero-order valence-corrected chi connectivity index (χ0v) is 11.2. The van der Waals surface area contributed by atoms with Crippen molar-refractivity contribution in [3.8, 4) is 5.69 Å². The summed E-state index contributed by atoms with van der Waals surface area (Å²) in [5, 5.41) is 9.98. The van der Waals surface area contributed by atoms with Gasteiger partial charge in [-0.3, -0.25) is 4.90 Å². The van der Waals surface area contributed by atoms with Gasteiger partial charge in [0.05, 0.1) is 11.9 Å². The molecule has 0 saturated carbocycles. The predicted molar refractivity (Wildman–Crippen MR) is 74.1 cm³/mol. The molecule has 4 nitrogen and oxygen atoms in total. The Kier molecular flexibility index (Phi) is 3.12. The van der Waals surface area contributed by atoms with Crippen molar-refractivity contribution in [2.75, 3.05) is 13.1 Å². The van der Waals surface area contributed by atoms with Crippen molar-refractivity contribution < 1.29 is 5.11 Å². The first-order chi connectivity index (χ1) is 9.18. The van der Waals surface area contributed by atoms with Crippen LogP contribution in [0.15, 0.2) is 43.0 Å². The summed E-state index contributed by atoms with van der Waals surface area (Å²) in [6, 6.07) is 8.48. The lowest BCUT2D eigenvalue weighted by molar-refractivity contribution is -0.103. The molecule has 0 aliphatic carbocycles. The summed E-state index contributed by atoms with van der Waals surface area (Å²) in [7, 11) is 0. The number of aliphatic hydroxyl groups is 1. The zero-order valence-electron chi connectivity index (χ0n) is 11.2. The number of hydrogen-bond donors (Lipinski definition) is 1. The third kappa shape index (κ3) is 2.55. The standard InChI is InChI=1S/C15H19N3O/c1-2-15(19)10-17(11-15)9-13-3-5-14(6-4-13)18-8-7-16-12-18/h3-8,12,19H,2,9-11H2,1H3. The fourth-order valence-corrected chi connectivity index (χ4v) is 2.57. The summed E-state index contributed by atoms with van der Waals surface area (Å²) in [6.45, 7) is 4.52. The van der Waals surface area contributed by atoms with E-state index < -0.39 is 5.60 Å². The average Bonchev–Trinajstić information content (AvgIpc) is 2.91. The molecule has 1 aliphatic rings. The van der Waals surface area contributed by atoms with E-state index in [1.54, 1.807) is 12.5 Å². The first-order valence-corrected chi connectivity index (χ1v) is 6.70. The lowest BCUT2D eigenvalue weighted by Crippen LogP contribution is -2.60. The molecule has 1 aliphatic heterocycles. The van der Waals surface area contributed by atoms with E-state index >= 15 is 0 Å². The van der Waals surface area contributed by atoms with Crippen LogP contribution in [0.2, 0.25) is 0 Å². The first-order valence-electron chi connectivity index (χ1n) is 6.70. The number of likely N-dealkylation sites (tertiary alicyclic amines) is 1. The fraction of sp³-hybridized carbons (Fsp3) is 0.400. The highest BCUT2D eigenvalue weighted by molar-refractivity contribution is 5.34. The molecule has 1 N–H and O–H groups in total. The average molecular weight is 257 g/mol. The van der Waals surface area contributed by atoms with E-state index in [2.05, 4.69) is 34.1 Å². The molecular weight excluding hydrogens is 238 g/mol. The van der Waals surface area contributed by atoms with E-state index in [4.69, 9.17) is 0 Å². The Hall–Kier alpha value is -1.65. The minimum atomic E-state index is -0.448. The topological polar surface area (TPSA) is 41.3 Å². The van der Waals surface area contributed by atoms with Crippen LogP contribution in [0.3, 0.4) is 0 Å². The number of rotatable bonds is 4. The number of aromatic nitrogens is 2. The van der Waals surface area contributed by atoms with Crippen molar-refractivity contribution in [2.45, 2.75) is 25.5 Å². The van der Waals surface area contributed by atoms with Gasteiger partial charge in [-0.05, 0) is 24.1 Å². The van der Waals surface area contributed by atoms with Gasteiger partial charge < -0.3 is 9.67 Å². The van der Waals surface area contributed by atoms with Crippen molar-refractivity contribution >= 4 is 0 Å². The minimum absolute atomic E-state index is 0.448. The zero-order chi connectivity index (χ0) is 13.3. The summed E-state index contributed by atoms with van der Waals surface area (Å²) in [4.78, 5) is 6.32. The third-order valence-corrected chi connectivity index (χ3v) is 3.84. The van der Waals surface area contributed by atoms with Crippen LogP contribution in [0.4, 0.5) is 0 Å². The fourth-order valence-electron chi connectivity index (χ4n) is 2.57. The third-order valence-electron chi connectivity index (χ3n) is 3.84. The molecule has 0 atom stereocenters. The molecule has 100 valence electrons. The smallest absolute Gasteiger partial charge is 0.0991 e. The largest absolute Gasteiger partial charge is 0.387 e. The Morgan fingerprint density at radius 2 is 2.00 bits per heavy atom. The Morgan fingerprint density at radius 3 is 2.58 bits per heavy atom. The second-order valence-electron chi connectivity index (χ2n) is 5.36. The Labute approximate surface area is 113 Å². The van der Waals surface area contributed by atoms with E-state index in [0.717, 1.165) is 31.7 Å². The van der Waals surface area contributed by atoms with Gasteiger partial charge in [-0.15, -0.1) is 0 Å². The lowest BCUT2D eigenvalue weighted by Gasteiger charge is -2.46. The number of imidazole rings is 1. The quantitative estimate of drug-likeness (QED) is 0.908. The van der Waals surface area contributed by atoms with Gasteiger partial charge in [-0.1, -0.05) is 19.1 Å². The Balaban J connectivity index is 1.62. The van der Waals surface area contributed by atoms with Gasteiger partial charge >= 0.3 is 0 Å². The monoisotopic (exact) mass is 257 g/mol. The Bertz CT molecular complexity index is 527. The molecule has 3 rings (SSSR count). The highest BCUT2D eigenvalue weighted by Crippen LogP contribution is 2.25. The van der Waals surface area contributed by atoms with E-state index in [9.17, 15) is 5.11 Å². The van der Waals surface area contributed by atoms with Crippen molar-refractivity contribution in [1.82, 2.24) is 14.5 Å². The number of nitrogens with zero attached hydrogens (tertiary/aromatic N) is 3. The van der Waals surface area contributed by atoms with Crippen LogP contribution in [0, 0.1) is 0 Å². The maximum atomic E-state index is 9.98. The van der Waals surface area contributed by atoms with Crippen LogP contribution in [-0.2, 0) is 6.54 Å². The van der Waals surface area contributed by atoms with Crippen LogP contribution in [-0.4, -0.2) is 38.2 Å². The van der Waals surface area contributed by atoms with E-state index in [0.29, 0.717) is 0 Å². The normalized spacial score (nSPS) is 18.2. The molecule has 1 fully saturated rings. The van der Waals surface area contributed by atoms with Crippen molar-refractivity contribution in [3.63, 3.8) is 0 Å². The van der Waals surface area contributed by atoms with Gasteiger partial charge in [0, 0.05) is 37.7 Å². The van der Waals surface area contributed by atoms with Crippen LogP contribution in [0.25, 0.3) is 5.69 Å². The molecule has 0 radical (unpaired) electrons. The van der Waals surface area contributed by atoms with E-state index in [-0.39, 0.29) is 0 Å². The lowest BCUT2D eigenvalue weighted by atomic mass is 9.91. The molecule has 0 bridgehead atoms. The molecule has 0 spiro atoms. The van der Waals surface area contributed by atoms with Crippen LogP contribution in [0.5, 0.6) is 0 Å². The van der Waals surface area contributed by atoms with Gasteiger partial charge in [-0.25, -0.2) is 4.98 Å². The molecule has 1 saturated heterocycles. The van der Waals surface area contributed by atoms with Gasteiger partial charge in [0.15, 0.2) is 0 Å². The highest BCUT2D eigenvalue weighted by atomic mass is 16.3. The number of β-amino-alcohol motifs (C(OH)–C–C–N with tert-alkyl or cyclic N) is 1. The summed E-state index contributed by atoms with van der Waals surface area (Å²) in [6.07, 6.45) is 6.35. The molecule has 4 heteroatoms. The Morgan fingerprint density at radius 1 is 1.26 bits per heavy atom. The summed E-state index contributed by atoms with van der Waals surface area (Å²) in [5.74, 6) is 0. The predicted octanol–water partition coefficient (Wildman–Crippen LogP) is 1.83. The van der Waals surface area contributed by atoms with Gasteiger partial charge in [0.25, 0.3) is 0 Å². The summed E-state index contributed by atoms with van der Waals surface area (Å²) in [5.41, 5.74) is 1.95. The van der Waals surface area contributed by atoms with Crippen molar-refractivity contribution in [1.29, 1.82) is 0 Å². The second kappa shape index (κ2) is 4.79. The number of benzene rings is 1. The molecule has 0 amide bonds. The molecular formula is C15H19N3O. The van der Waals surface area contributed by atoms with Crippen LogP contribution in [0.1, 0.15) is 18.9 Å². The molecule has 2 aromatic rings. The second-order valence-corrected chi connectivity index (χ2v) is 5.36. The van der Waals surface area contributed by atoms with Gasteiger partial charge in [-0.2, -0.15) is 0 Å². The first kappa shape index (κ1) is 12.4. The maximum absolute atomic E-state index is 9.98.